The Labute approximate surface area is 127 Å². The fraction of sp³-hybridized carbons (Fsp3) is 0.316. The molecule has 0 amide bonds. The Morgan fingerprint density at radius 2 is 1.62 bits per heavy atom. The molecule has 2 heteroatoms. The summed E-state index contributed by atoms with van der Waals surface area (Å²) in [4.78, 5) is 11.6. The zero-order valence-corrected chi connectivity index (χ0v) is 13.0. The van der Waals surface area contributed by atoms with Gasteiger partial charge in [0.1, 0.15) is 0 Å². The Morgan fingerprint density at radius 3 is 2.14 bits per heavy atom. The molecule has 1 N–H and O–H groups in total. The summed E-state index contributed by atoms with van der Waals surface area (Å²) >= 11 is 0. The number of anilines is 1. The zero-order valence-electron chi connectivity index (χ0n) is 13.0. The fourth-order valence-electron chi connectivity index (χ4n) is 2.33. The van der Waals surface area contributed by atoms with Gasteiger partial charge in [0.25, 0.3) is 0 Å². The topological polar surface area (TPSA) is 29.1 Å². The molecule has 1 unspecified atom stereocenters. The lowest BCUT2D eigenvalue weighted by molar-refractivity contribution is 0.0988. The van der Waals surface area contributed by atoms with Gasteiger partial charge in [-0.05, 0) is 48.7 Å². The minimum atomic E-state index is 0.185. The lowest BCUT2D eigenvalue weighted by Gasteiger charge is -2.16. The van der Waals surface area contributed by atoms with Gasteiger partial charge in [-0.3, -0.25) is 4.79 Å². The zero-order chi connectivity index (χ0) is 15.2. The molecule has 110 valence electrons. The highest BCUT2D eigenvalue weighted by molar-refractivity contribution is 5.96. The second-order valence-electron chi connectivity index (χ2n) is 5.32. The molecular formula is C19H23NO. The Hall–Kier alpha value is -2.09. The summed E-state index contributed by atoms with van der Waals surface area (Å²) < 4.78 is 0. The summed E-state index contributed by atoms with van der Waals surface area (Å²) in [5, 5.41) is 3.47. The van der Waals surface area contributed by atoms with Crippen LogP contribution in [0.1, 0.15) is 54.7 Å². The van der Waals surface area contributed by atoms with E-state index in [9.17, 15) is 4.79 Å². The standard InChI is InChI=1S/C19H23NO/c1-4-15-6-8-16(9-7-15)14(3)20-18-12-10-17(11-13-18)19(21)5-2/h6-14,20H,4-5H2,1-3H3. The van der Waals surface area contributed by atoms with Crippen molar-refractivity contribution in [2.75, 3.05) is 5.32 Å². The van der Waals surface area contributed by atoms with E-state index < -0.39 is 0 Å². The maximum absolute atomic E-state index is 11.6. The van der Waals surface area contributed by atoms with Gasteiger partial charge in [0.05, 0.1) is 0 Å². The Kier molecular flexibility index (Phi) is 5.15. The van der Waals surface area contributed by atoms with Gasteiger partial charge in [-0.15, -0.1) is 0 Å². The van der Waals surface area contributed by atoms with Crippen molar-refractivity contribution in [3.8, 4) is 0 Å². The average molecular weight is 281 g/mol. The number of nitrogens with one attached hydrogen (secondary N) is 1. The first-order valence-electron chi connectivity index (χ1n) is 7.62. The molecule has 0 bridgehead atoms. The minimum Gasteiger partial charge on any atom is -0.379 e. The monoisotopic (exact) mass is 281 g/mol. The largest absolute Gasteiger partial charge is 0.379 e. The number of hydrogen-bond donors (Lipinski definition) is 1. The number of rotatable bonds is 6. The normalized spacial score (nSPS) is 12.0. The molecule has 21 heavy (non-hydrogen) atoms. The molecule has 0 spiro atoms. The smallest absolute Gasteiger partial charge is 0.162 e. The van der Waals surface area contributed by atoms with Crippen molar-refractivity contribution in [1.82, 2.24) is 0 Å². The van der Waals surface area contributed by atoms with E-state index in [0.717, 1.165) is 17.7 Å². The number of hydrogen-bond acceptors (Lipinski definition) is 2. The van der Waals surface area contributed by atoms with Crippen LogP contribution in [-0.2, 0) is 6.42 Å². The molecule has 2 aromatic rings. The lowest BCUT2D eigenvalue weighted by atomic mass is 10.0. The van der Waals surface area contributed by atoms with E-state index in [1.54, 1.807) is 0 Å². The van der Waals surface area contributed by atoms with Crippen LogP contribution in [0, 0.1) is 0 Å². The highest BCUT2D eigenvalue weighted by Crippen LogP contribution is 2.20. The molecule has 2 nitrogen and oxygen atoms in total. The van der Waals surface area contributed by atoms with E-state index in [2.05, 4.69) is 43.4 Å². The molecule has 1 atom stereocenters. The molecule has 0 saturated heterocycles. The fourth-order valence-corrected chi connectivity index (χ4v) is 2.33. The van der Waals surface area contributed by atoms with Gasteiger partial charge < -0.3 is 5.32 Å². The van der Waals surface area contributed by atoms with E-state index in [1.165, 1.54) is 11.1 Å². The van der Waals surface area contributed by atoms with E-state index in [-0.39, 0.29) is 11.8 Å². The van der Waals surface area contributed by atoms with Gasteiger partial charge in [-0.2, -0.15) is 0 Å². The van der Waals surface area contributed by atoms with Gasteiger partial charge >= 0.3 is 0 Å². The minimum absolute atomic E-state index is 0.185. The van der Waals surface area contributed by atoms with Crippen LogP contribution in [0.15, 0.2) is 48.5 Å². The molecule has 2 rings (SSSR count). The quantitative estimate of drug-likeness (QED) is 0.754. The first-order valence-corrected chi connectivity index (χ1v) is 7.62. The molecule has 0 saturated carbocycles. The third-order valence-corrected chi connectivity index (χ3v) is 3.80. The van der Waals surface area contributed by atoms with E-state index in [1.807, 2.05) is 31.2 Å². The molecule has 0 radical (unpaired) electrons. The molecule has 0 heterocycles. The predicted octanol–water partition coefficient (Wildman–Crippen LogP) is 5.01. The SMILES string of the molecule is CCC(=O)c1ccc(NC(C)c2ccc(CC)cc2)cc1. The van der Waals surface area contributed by atoms with Crippen molar-refractivity contribution in [3.63, 3.8) is 0 Å². The summed E-state index contributed by atoms with van der Waals surface area (Å²) in [5.74, 6) is 0.185. The van der Waals surface area contributed by atoms with Gasteiger partial charge in [-0.1, -0.05) is 38.1 Å². The van der Waals surface area contributed by atoms with Gasteiger partial charge in [0.15, 0.2) is 5.78 Å². The first kappa shape index (κ1) is 15.3. The van der Waals surface area contributed by atoms with E-state index >= 15 is 0 Å². The maximum atomic E-state index is 11.6. The Balaban J connectivity index is 2.04. The van der Waals surface area contributed by atoms with Crippen molar-refractivity contribution in [2.45, 2.75) is 39.7 Å². The number of benzene rings is 2. The molecule has 0 fully saturated rings. The van der Waals surface area contributed by atoms with Crippen LogP contribution in [0.2, 0.25) is 0 Å². The molecule has 2 aromatic carbocycles. The van der Waals surface area contributed by atoms with Crippen molar-refractivity contribution in [2.24, 2.45) is 0 Å². The van der Waals surface area contributed by atoms with E-state index in [0.29, 0.717) is 6.42 Å². The molecule has 0 aromatic heterocycles. The summed E-state index contributed by atoms with van der Waals surface area (Å²) in [6.45, 7) is 6.19. The molecule has 0 aliphatic rings. The highest BCUT2D eigenvalue weighted by atomic mass is 16.1. The highest BCUT2D eigenvalue weighted by Gasteiger charge is 2.06. The van der Waals surface area contributed by atoms with Crippen LogP contribution < -0.4 is 5.32 Å². The van der Waals surface area contributed by atoms with Gasteiger partial charge in [-0.25, -0.2) is 0 Å². The molecule has 0 aliphatic carbocycles. The van der Waals surface area contributed by atoms with Crippen LogP contribution in [-0.4, -0.2) is 5.78 Å². The van der Waals surface area contributed by atoms with Crippen molar-refractivity contribution in [1.29, 1.82) is 0 Å². The Bertz CT molecular complexity index is 584. The maximum Gasteiger partial charge on any atom is 0.162 e. The summed E-state index contributed by atoms with van der Waals surface area (Å²) in [5.41, 5.74) is 4.44. The number of aryl methyl sites for hydroxylation is 1. The summed E-state index contributed by atoms with van der Waals surface area (Å²) in [7, 11) is 0. The number of carbonyl (C=O) groups is 1. The average Bonchev–Trinajstić information content (AvgIpc) is 2.55. The summed E-state index contributed by atoms with van der Waals surface area (Å²) in [6, 6.07) is 16.7. The van der Waals surface area contributed by atoms with Crippen molar-refractivity contribution < 1.29 is 4.79 Å². The van der Waals surface area contributed by atoms with Crippen molar-refractivity contribution >= 4 is 11.5 Å². The molecule has 0 aliphatic heterocycles. The number of carbonyl (C=O) groups excluding carboxylic acids is 1. The van der Waals surface area contributed by atoms with Crippen LogP contribution in [0.3, 0.4) is 0 Å². The third-order valence-electron chi connectivity index (χ3n) is 3.80. The number of ketones is 1. The van der Waals surface area contributed by atoms with Crippen LogP contribution in [0.25, 0.3) is 0 Å². The molecular weight excluding hydrogens is 258 g/mol. The van der Waals surface area contributed by atoms with Crippen LogP contribution in [0.5, 0.6) is 0 Å². The van der Waals surface area contributed by atoms with Crippen LogP contribution in [0.4, 0.5) is 5.69 Å². The lowest BCUT2D eigenvalue weighted by Crippen LogP contribution is -2.07. The second-order valence-corrected chi connectivity index (χ2v) is 5.32. The predicted molar refractivity (Wildman–Crippen MR) is 88.9 cm³/mol. The second kappa shape index (κ2) is 7.07. The van der Waals surface area contributed by atoms with Gasteiger partial charge in [0, 0.05) is 23.7 Å². The summed E-state index contributed by atoms with van der Waals surface area (Å²) in [6.07, 6.45) is 1.61. The van der Waals surface area contributed by atoms with E-state index in [4.69, 9.17) is 0 Å². The third kappa shape index (κ3) is 3.94. The van der Waals surface area contributed by atoms with Crippen molar-refractivity contribution in [3.05, 3.63) is 65.2 Å². The van der Waals surface area contributed by atoms with Crippen LogP contribution >= 0.6 is 0 Å². The Morgan fingerprint density at radius 1 is 1.00 bits per heavy atom. The number of Topliss-reactive ketones (excluding diaryl/α,β-unsaturated/α-hetero) is 1. The first-order chi connectivity index (χ1) is 10.1. The van der Waals surface area contributed by atoms with Gasteiger partial charge in [0.2, 0.25) is 0 Å².